The van der Waals surface area contributed by atoms with Gasteiger partial charge in [-0.15, -0.1) is 0 Å². The maximum Gasteiger partial charge on any atom is 0.137 e. The molecule has 3 heteroatoms. The topological polar surface area (TPSA) is 59.4 Å². The van der Waals surface area contributed by atoms with E-state index in [-0.39, 0.29) is 5.75 Å². The standard InChI is InChI=1S/C12H15NO2/c1-8(7-13)4-10-5-9-2-3-15-12(9)6-11(10)14/h2-3,5-6,8,14H,4,7,13H2,1H3. The molecule has 3 nitrogen and oxygen atoms in total. The smallest absolute Gasteiger partial charge is 0.137 e. The quantitative estimate of drug-likeness (QED) is 0.808. The first kappa shape index (κ1) is 10.1. The Labute approximate surface area is 88.5 Å². The van der Waals surface area contributed by atoms with Crippen LogP contribution in [0.1, 0.15) is 12.5 Å². The molecule has 0 amide bonds. The van der Waals surface area contributed by atoms with Crippen molar-refractivity contribution in [3.05, 3.63) is 30.0 Å². The average molecular weight is 205 g/mol. The molecule has 1 heterocycles. The third-order valence-corrected chi connectivity index (χ3v) is 2.62. The van der Waals surface area contributed by atoms with E-state index in [2.05, 4.69) is 6.92 Å². The van der Waals surface area contributed by atoms with Gasteiger partial charge in [-0.2, -0.15) is 0 Å². The Morgan fingerprint density at radius 1 is 1.47 bits per heavy atom. The second kappa shape index (κ2) is 3.95. The zero-order valence-electron chi connectivity index (χ0n) is 8.73. The Morgan fingerprint density at radius 2 is 2.27 bits per heavy atom. The highest BCUT2D eigenvalue weighted by Gasteiger charge is 2.08. The molecule has 1 aromatic heterocycles. The molecule has 3 N–H and O–H groups in total. The molecule has 1 unspecified atom stereocenters. The van der Waals surface area contributed by atoms with E-state index in [1.807, 2.05) is 12.1 Å². The highest BCUT2D eigenvalue weighted by Crippen LogP contribution is 2.27. The van der Waals surface area contributed by atoms with Crippen LogP contribution in [0.15, 0.2) is 28.9 Å². The Bertz CT molecular complexity index is 462. The molecule has 0 aliphatic carbocycles. The largest absolute Gasteiger partial charge is 0.508 e. The number of benzene rings is 1. The van der Waals surface area contributed by atoms with Crippen LogP contribution in [0.2, 0.25) is 0 Å². The van der Waals surface area contributed by atoms with Crippen molar-refractivity contribution in [2.45, 2.75) is 13.3 Å². The van der Waals surface area contributed by atoms with Crippen molar-refractivity contribution in [1.29, 1.82) is 0 Å². The van der Waals surface area contributed by atoms with Gasteiger partial charge in [0, 0.05) is 11.5 Å². The Morgan fingerprint density at radius 3 is 3.00 bits per heavy atom. The van der Waals surface area contributed by atoms with E-state index in [9.17, 15) is 5.11 Å². The van der Waals surface area contributed by atoms with Gasteiger partial charge in [0.1, 0.15) is 11.3 Å². The van der Waals surface area contributed by atoms with E-state index in [0.29, 0.717) is 12.5 Å². The number of hydrogen-bond donors (Lipinski definition) is 2. The number of hydrogen-bond acceptors (Lipinski definition) is 3. The summed E-state index contributed by atoms with van der Waals surface area (Å²) in [5.41, 5.74) is 7.21. The molecule has 1 aromatic carbocycles. The molecule has 0 aliphatic rings. The van der Waals surface area contributed by atoms with Gasteiger partial charge in [-0.3, -0.25) is 0 Å². The molecular formula is C12H15NO2. The molecule has 2 rings (SSSR count). The molecule has 80 valence electrons. The SMILES string of the molecule is CC(CN)Cc1cc2ccoc2cc1O. The van der Waals surface area contributed by atoms with Crippen LogP contribution in [0.4, 0.5) is 0 Å². The molecule has 0 saturated carbocycles. The minimum absolute atomic E-state index is 0.290. The van der Waals surface area contributed by atoms with Gasteiger partial charge in [0.15, 0.2) is 0 Å². The van der Waals surface area contributed by atoms with Gasteiger partial charge in [0.25, 0.3) is 0 Å². The molecular weight excluding hydrogens is 190 g/mol. The van der Waals surface area contributed by atoms with Crippen molar-refractivity contribution in [3.8, 4) is 5.75 Å². The molecule has 0 bridgehead atoms. The predicted octanol–water partition coefficient (Wildman–Crippen LogP) is 2.28. The lowest BCUT2D eigenvalue weighted by Crippen LogP contribution is -2.13. The number of furan rings is 1. The first-order valence-electron chi connectivity index (χ1n) is 5.10. The summed E-state index contributed by atoms with van der Waals surface area (Å²) >= 11 is 0. The number of fused-ring (bicyclic) bond motifs is 1. The summed E-state index contributed by atoms with van der Waals surface area (Å²) < 4.78 is 5.20. The second-order valence-corrected chi connectivity index (χ2v) is 3.98. The first-order valence-corrected chi connectivity index (χ1v) is 5.10. The average Bonchev–Trinajstić information content (AvgIpc) is 2.65. The monoisotopic (exact) mass is 205 g/mol. The van der Waals surface area contributed by atoms with Crippen LogP contribution >= 0.6 is 0 Å². The first-order chi connectivity index (χ1) is 7.20. The maximum absolute atomic E-state index is 9.77. The molecule has 0 radical (unpaired) electrons. The van der Waals surface area contributed by atoms with Crippen molar-refractivity contribution in [3.63, 3.8) is 0 Å². The number of rotatable bonds is 3. The van der Waals surface area contributed by atoms with Gasteiger partial charge >= 0.3 is 0 Å². The van der Waals surface area contributed by atoms with Gasteiger partial charge in [-0.1, -0.05) is 6.92 Å². The summed E-state index contributed by atoms with van der Waals surface area (Å²) in [7, 11) is 0. The molecule has 15 heavy (non-hydrogen) atoms. The van der Waals surface area contributed by atoms with Crippen molar-refractivity contribution >= 4 is 11.0 Å². The van der Waals surface area contributed by atoms with Gasteiger partial charge in [0.05, 0.1) is 6.26 Å². The zero-order valence-corrected chi connectivity index (χ0v) is 8.73. The summed E-state index contributed by atoms with van der Waals surface area (Å²) in [6.45, 7) is 2.70. The van der Waals surface area contributed by atoms with Crippen molar-refractivity contribution < 1.29 is 9.52 Å². The summed E-state index contributed by atoms with van der Waals surface area (Å²) in [5.74, 6) is 0.665. The normalized spacial score (nSPS) is 13.2. The molecule has 1 atom stereocenters. The van der Waals surface area contributed by atoms with Crippen molar-refractivity contribution in [1.82, 2.24) is 0 Å². The van der Waals surface area contributed by atoms with E-state index < -0.39 is 0 Å². The third kappa shape index (κ3) is 1.97. The fourth-order valence-electron chi connectivity index (χ4n) is 1.67. The highest BCUT2D eigenvalue weighted by atomic mass is 16.3. The van der Waals surface area contributed by atoms with Crippen LogP contribution in [0.25, 0.3) is 11.0 Å². The van der Waals surface area contributed by atoms with E-state index in [1.54, 1.807) is 12.3 Å². The van der Waals surface area contributed by atoms with E-state index >= 15 is 0 Å². The van der Waals surface area contributed by atoms with E-state index in [4.69, 9.17) is 10.2 Å². The molecule has 0 aliphatic heterocycles. The summed E-state index contributed by atoms with van der Waals surface area (Å²) in [4.78, 5) is 0. The minimum Gasteiger partial charge on any atom is -0.508 e. The van der Waals surface area contributed by atoms with E-state index in [0.717, 1.165) is 23.0 Å². The third-order valence-electron chi connectivity index (χ3n) is 2.62. The fourth-order valence-corrected chi connectivity index (χ4v) is 1.67. The van der Waals surface area contributed by atoms with Crippen molar-refractivity contribution in [2.24, 2.45) is 11.7 Å². The lowest BCUT2D eigenvalue weighted by molar-refractivity contribution is 0.459. The molecule has 0 spiro atoms. The molecule has 2 aromatic rings. The Balaban J connectivity index is 2.37. The van der Waals surface area contributed by atoms with E-state index in [1.165, 1.54) is 0 Å². The van der Waals surface area contributed by atoms with Gasteiger partial charge in [-0.25, -0.2) is 0 Å². The summed E-state index contributed by atoms with van der Waals surface area (Å²) in [6.07, 6.45) is 2.42. The lowest BCUT2D eigenvalue weighted by atomic mass is 9.99. The number of nitrogens with two attached hydrogens (primary N) is 1. The summed E-state index contributed by atoms with van der Waals surface area (Å²) in [5, 5.41) is 10.8. The predicted molar refractivity (Wildman–Crippen MR) is 59.8 cm³/mol. The van der Waals surface area contributed by atoms with Gasteiger partial charge in [0.2, 0.25) is 0 Å². The van der Waals surface area contributed by atoms with Gasteiger partial charge < -0.3 is 15.3 Å². The lowest BCUT2D eigenvalue weighted by Gasteiger charge is -2.09. The minimum atomic E-state index is 0.290. The van der Waals surface area contributed by atoms with Crippen LogP contribution in [0.3, 0.4) is 0 Å². The Hall–Kier alpha value is -1.48. The van der Waals surface area contributed by atoms with Crippen LogP contribution in [0.5, 0.6) is 5.75 Å². The zero-order chi connectivity index (χ0) is 10.8. The molecule has 0 saturated heterocycles. The van der Waals surface area contributed by atoms with Crippen LogP contribution < -0.4 is 5.73 Å². The number of phenolic OH excluding ortho intramolecular Hbond substituents is 1. The van der Waals surface area contributed by atoms with Gasteiger partial charge in [-0.05, 0) is 36.6 Å². The number of aromatic hydroxyl groups is 1. The second-order valence-electron chi connectivity index (χ2n) is 3.98. The van der Waals surface area contributed by atoms with Crippen LogP contribution in [-0.2, 0) is 6.42 Å². The summed E-state index contributed by atoms with van der Waals surface area (Å²) in [6, 6.07) is 5.51. The van der Waals surface area contributed by atoms with Crippen LogP contribution in [0, 0.1) is 5.92 Å². The number of phenols is 1. The fraction of sp³-hybridized carbons (Fsp3) is 0.333. The highest BCUT2D eigenvalue weighted by molar-refractivity contribution is 5.79. The Kier molecular flexibility index (Phi) is 2.64. The maximum atomic E-state index is 9.77. The van der Waals surface area contributed by atoms with Crippen LogP contribution in [-0.4, -0.2) is 11.7 Å². The van der Waals surface area contributed by atoms with Crippen molar-refractivity contribution in [2.75, 3.05) is 6.54 Å². The molecule has 0 fully saturated rings.